The maximum absolute atomic E-state index is 10.9. The lowest BCUT2D eigenvalue weighted by atomic mass is 10.2. The number of nitrogens with zero attached hydrogens (tertiary/aromatic N) is 2. The molecule has 0 spiro atoms. The molecule has 1 fully saturated rings. The summed E-state index contributed by atoms with van der Waals surface area (Å²) in [5, 5.41) is 13.2. The smallest absolute Gasteiger partial charge is 0.295 e. The van der Waals surface area contributed by atoms with Crippen molar-refractivity contribution in [2.75, 3.05) is 31.7 Å². The summed E-state index contributed by atoms with van der Waals surface area (Å²) in [5.74, 6) is 0. The molecule has 1 heterocycles. The molecule has 6 nitrogen and oxygen atoms in total. The lowest BCUT2D eigenvalue weighted by Gasteiger charge is -2.27. The van der Waals surface area contributed by atoms with Crippen LogP contribution in [0, 0.1) is 10.1 Å². The van der Waals surface area contributed by atoms with E-state index in [4.69, 9.17) is 27.9 Å². The number of rotatable bonds is 3. The highest BCUT2D eigenvalue weighted by atomic mass is 35.5. The van der Waals surface area contributed by atoms with Crippen molar-refractivity contribution < 1.29 is 9.66 Å². The molecule has 8 heteroatoms. The number of hydrazine groups is 1. The predicted octanol–water partition coefficient (Wildman–Crippen LogP) is 2.56. The first-order valence-electron chi connectivity index (χ1n) is 5.30. The van der Waals surface area contributed by atoms with Gasteiger partial charge >= 0.3 is 0 Å². The SMILES string of the molecule is O=[N+]([O-])c1cc(Cl)c(Cl)cc1NN1CCOCC1. The highest BCUT2D eigenvalue weighted by Crippen LogP contribution is 2.34. The Labute approximate surface area is 114 Å². The third-order valence-electron chi connectivity index (χ3n) is 2.52. The minimum absolute atomic E-state index is 0.101. The first-order chi connectivity index (χ1) is 8.58. The molecule has 0 atom stereocenters. The molecule has 0 aromatic heterocycles. The van der Waals surface area contributed by atoms with E-state index in [2.05, 4.69) is 5.43 Å². The maximum Gasteiger partial charge on any atom is 0.295 e. The third kappa shape index (κ3) is 3.02. The summed E-state index contributed by atoms with van der Waals surface area (Å²) < 4.78 is 5.20. The molecule has 0 aliphatic carbocycles. The second-order valence-electron chi connectivity index (χ2n) is 3.75. The van der Waals surface area contributed by atoms with Crippen molar-refractivity contribution in [3.05, 3.63) is 32.3 Å². The standard InChI is InChI=1S/C10H11Cl2N3O3/c11-7-5-9(10(15(16)17)6-8(7)12)13-14-1-3-18-4-2-14/h5-6,13H,1-4H2. The van der Waals surface area contributed by atoms with Gasteiger partial charge in [-0.05, 0) is 6.07 Å². The van der Waals surface area contributed by atoms with E-state index in [1.54, 1.807) is 0 Å². The van der Waals surface area contributed by atoms with E-state index >= 15 is 0 Å². The Hall–Kier alpha value is -1.08. The van der Waals surface area contributed by atoms with E-state index in [1.807, 2.05) is 5.01 Å². The van der Waals surface area contributed by atoms with E-state index in [1.165, 1.54) is 12.1 Å². The van der Waals surface area contributed by atoms with Gasteiger partial charge in [-0.15, -0.1) is 0 Å². The number of hydrogen-bond donors (Lipinski definition) is 1. The van der Waals surface area contributed by atoms with Crippen LogP contribution < -0.4 is 5.43 Å². The molecule has 1 aliphatic rings. The summed E-state index contributed by atoms with van der Waals surface area (Å²) in [6.45, 7) is 2.47. The van der Waals surface area contributed by atoms with Crippen molar-refractivity contribution >= 4 is 34.6 Å². The molecule has 0 amide bonds. The molecule has 0 saturated carbocycles. The molecule has 1 aliphatic heterocycles. The van der Waals surface area contributed by atoms with Crippen LogP contribution in [0.1, 0.15) is 0 Å². The zero-order valence-electron chi connectivity index (χ0n) is 9.36. The van der Waals surface area contributed by atoms with Crippen molar-refractivity contribution in [2.45, 2.75) is 0 Å². The normalized spacial score (nSPS) is 16.6. The fraction of sp³-hybridized carbons (Fsp3) is 0.400. The average molecular weight is 292 g/mol. The number of ether oxygens (including phenoxy) is 1. The molecule has 1 aromatic rings. The predicted molar refractivity (Wildman–Crippen MR) is 69.1 cm³/mol. The van der Waals surface area contributed by atoms with Crippen LogP contribution in [0.3, 0.4) is 0 Å². The van der Waals surface area contributed by atoms with Crippen molar-refractivity contribution in [1.82, 2.24) is 5.01 Å². The van der Waals surface area contributed by atoms with Gasteiger partial charge in [-0.3, -0.25) is 10.1 Å². The summed E-state index contributed by atoms with van der Waals surface area (Å²) in [7, 11) is 0. The van der Waals surface area contributed by atoms with Gasteiger partial charge in [-0.25, -0.2) is 5.01 Å². The zero-order valence-corrected chi connectivity index (χ0v) is 10.9. The van der Waals surface area contributed by atoms with Crippen LogP contribution in [0.2, 0.25) is 10.0 Å². The van der Waals surface area contributed by atoms with Crippen molar-refractivity contribution in [2.24, 2.45) is 0 Å². The Morgan fingerprint density at radius 1 is 1.28 bits per heavy atom. The van der Waals surface area contributed by atoms with Gasteiger partial charge in [0.15, 0.2) is 0 Å². The molecule has 98 valence electrons. The van der Waals surface area contributed by atoms with Gasteiger partial charge in [0.05, 0.1) is 28.2 Å². The number of benzene rings is 1. The Morgan fingerprint density at radius 2 is 1.89 bits per heavy atom. The van der Waals surface area contributed by atoms with Crippen LogP contribution in [0.15, 0.2) is 12.1 Å². The Balaban J connectivity index is 2.24. The molecule has 0 unspecified atom stereocenters. The fourth-order valence-electron chi connectivity index (χ4n) is 1.62. The number of nitrogens with one attached hydrogen (secondary N) is 1. The molecule has 18 heavy (non-hydrogen) atoms. The molecule has 2 rings (SSSR count). The Bertz CT molecular complexity index is 464. The summed E-state index contributed by atoms with van der Waals surface area (Å²) in [6, 6.07) is 2.70. The van der Waals surface area contributed by atoms with Gasteiger partial charge in [0, 0.05) is 19.2 Å². The van der Waals surface area contributed by atoms with E-state index in [0.717, 1.165) is 0 Å². The number of morpholine rings is 1. The van der Waals surface area contributed by atoms with Gasteiger partial charge in [-0.2, -0.15) is 0 Å². The van der Waals surface area contributed by atoms with Gasteiger partial charge in [0.1, 0.15) is 5.69 Å². The molecule has 0 radical (unpaired) electrons. The highest BCUT2D eigenvalue weighted by molar-refractivity contribution is 6.42. The van der Waals surface area contributed by atoms with Gasteiger partial charge in [0.2, 0.25) is 0 Å². The van der Waals surface area contributed by atoms with E-state index in [9.17, 15) is 10.1 Å². The third-order valence-corrected chi connectivity index (χ3v) is 3.25. The first kappa shape index (κ1) is 13.4. The molecular formula is C10H11Cl2N3O3. The minimum atomic E-state index is -0.495. The fourth-order valence-corrected chi connectivity index (χ4v) is 1.94. The van der Waals surface area contributed by atoms with Crippen molar-refractivity contribution in [3.63, 3.8) is 0 Å². The topological polar surface area (TPSA) is 67.6 Å². The number of halogens is 2. The number of hydrogen-bond acceptors (Lipinski definition) is 5. The number of anilines is 1. The van der Waals surface area contributed by atoms with Crippen LogP contribution in [0.4, 0.5) is 11.4 Å². The first-order valence-corrected chi connectivity index (χ1v) is 6.06. The second kappa shape index (κ2) is 5.71. The maximum atomic E-state index is 10.9. The van der Waals surface area contributed by atoms with Crippen LogP contribution in [0.5, 0.6) is 0 Å². The summed E-state index contributed by atoms with van der Waals surface area (Å²) in [6.07, 6.45) is 0. The highest BCUT2D eigenvalue weighted by Gasteiger charge is 2.20. The molecule has 1 saturated heterocycles. The van der Waals surface area contributed by atoms with E-state index in [0.29, 0.717) is 32.0 Å². The zero-order chi connectivity index (χ0) is 13.1. The summed E-state index contributed by atoms with van der Waals surface area (Å²) in [4.78, 5) is 10.5. The Kier molecular flexibility index (Phi) is 4.23. The largest absolute Gasteiger partial charge is 0.379 e. The van der Waals surface area contributed by atoms with Gasteiger partial charge < -0.3 is 10.2 Å². The number of nitro groups is 1. The Morgan fingerprint density at radius 3 is 2.50 bits per heavy atom. The van der Waals surface area contributed by atoms with Crippen LogP contribution in [-0.4, -0.2) is 36.2 Å². The second-order valence-corrected chi connectivity index (χ2v) is 4.57. The summed E-state index contributed by atoms with van der Waals surface area (Å²) >= 11 is 11.6. The molecule has 1 aromatic carbocycles. The van der Waals surface area contributed by atoms with Gasteiger partial charge in [0.25, 0.3) is 5.69 Å². The quantitative estimate of drug-likeness (QED) is 0.685. The monoisotopic (exact) mass is 291 g/mol. The van der Waals surface area contributed by atoms with Crippen molar-refractivity contribution in [1.29, 1.82) is 0 Å². The average Bonchev–Trinajstić information content (AvgIpc) is 2.34. The van der Waals surface area contributed by atoms with Crippen LogP contribution in [-0.2, 0) is 4.74 Å². The number of nitro benzene ring substituents is 1. The van der Waals surface area contributed by atoms with Crippen molar-refractivity contribution in [3.8, 4) is 0 Å². The van der Waals surface area contributed by atoms with E-state index < -0.39 is 4.92 Å². The molecule has 1 N–H and O–H groups in total. The summed E-state index contributed by atoms with van der Waals surface area (Å²) in [5.41, 5.74) is 3.20. The minimum Gasteiger partial charge on any atom is -0.379 e. The van der Waals surface area contributed by atoms with Gasteiger partial charge in [-0.1, -0.05) is 23.2 Å². The lowest BCUT2D eigenvalue weighted by Crippen LogP contribution is -2.40. The lowest BCUT2D eigenvalue weighted by molar-refractivity contribution is -0.384. The molecular weight excluding hydrogens is 281 g/mol. The van der Waals surface area contributed by atoms with Crippen LogP contribution >= 0.6 is 23.2 Å². The molecule has 0 bridgehead atoms. The van der Waals surface area contributed by atoms with Crippen LogP contribution in [0.25, 0.3) is 0 Å². The van der Waals surface area contributed by atoms with E-state index in [-0.39, 0.29) is 15.7 Å².